The zero-order valence-corrected chi connectivity index (χ0v) is 13.7. The van der Waals surface area contributed by atoms with Crippen molar-refractivity contribution >= 4 is 10.0 Å². The van der Waals surface area contributed by atoms with Gasteiger partial charge in [0.15, 0.2) is 0 Å². The van der Waals surface area contributed by atoms with E-state index in [-0.39, 0.29) is 4.90 Å². The molecule has 0 amide bonds. The predicted octanol–water partition coefficient (Wildman–Crippen LogP) is 2.51. The normalized spacial score (nSPS) is 12.2. The number of unbranched alkanes of at least 4 members (excludes halogenated alkanes) is 2. The van der Waals surface area contributed by atoms with E-state index >= 15 is 0 Å². The van der Waals surface area contributed by atoms with Crippen LogP contribution in [-0.4, -0.2) is 32.9 Å². The molecule has 1 N–H and O–H groups in total. The zero-order chi connectivity index (χ0) is 15.2. The maximum absolute atomic E-state index is 12.5. The van der Waals surface area contributed by atoms with Crippen molar-refractivity contribution in [3.05, 3.63) is 17.6 Å². The molecule has 0 aliphatic rings. The smallest absolute Gasteiger partial charge is 0.246 e. The molecular weight excluding hydrogens is 276 g/mol. The van der Waals surface area contributed by atoms with E-state index in [4.69, 9.17) is 4.42 Å². The number of aryl methyl sites for hydroxylation is 1. The number of hydrogen-bond acceptors (Lipinski definition) is 4. The van der Waals surface area contributed by atoms with Gasteiger partial charge in [-0.1, -0.05) is 26.7 Å². The van der Waals surface area contributed by atoms with Crippen LogP contribution in [0.2, 0.25) is 0 Å². The Morgan fingerprint density at radius 1 is 1.30 bits per heavy atom. The number of rotatable bonds is 9. The molecule has 1 aromatic rings. The van der Waals surface area contributed by atoms with Crippen LogP contribution in [0.15, 0.2) is 15.4 Å². The average molecular weight is 302 g/mol. The van der Waals surface area contributed by atoms with Crippen LogP contribution in [0.3, 0.4) is 0 Å². The van der Waals surface area contributed by atoms with Crippen molar-refractivity contribution in [2.75, 3.05) is 20.1 Å². The number of nitrogens with one attached hydrogen (secondary N) is 1. The molecule has 0 aliphatic heterocycles. The van der Waals surface area contributed by atoms with Gasteiger partial charge in [0.2, 0.25) is 10.0 Å². The van der Waals surface area contributed by atoms with Crippen LogP contribution in [0.5, 0.6) is 0 Å². The van der Waals surface area contributed by atoms with Gasteiger partial charge in [0.1, 0.15) is 16.4 Å². The lowest BCUT2D eigenvalue weighted by Crippen LogP contribution is -2.28. The Hall–Kier alpha value is -0.850. The van der Waals surface area contributed by atoms with E-state index in [2.05, 4.69) is 12.2 Å². The maximum atomic E-state index is 12.5. The monoisotopic (exact) mass is 302 g/mol. The molecular formula is C14H26N2O3S. The Bertz CT molecular complexity index is 508. The van der Waals surface area contributed by atoms with Crippen LogP contribution in [0.4, 0.5) is 0 Å². The molecule has 0 atom stereocenters. The Morgan fingerprint density at radius 2 is 2.00 bits per heavy atom. The fourth-order valence-electron chi connectivity index (χ4n) is 1.99. The van der Waals surface area contributed by atoms with E-state index < -0.39 is 10.0 Å². The Morgan fingerprint density at radius 3 is 2.60 bits per heavy atom. The van der Waals surface area contributed by atoms with Gasteiger partial charge in [0.05, 0.1) is 6.54 Å². The summed E-state index contributed by atoms with van der Waals surface area (Å²) in [4.78, 5) is 0.282. The molecule has 1 heterocycles. The quantitative estimate of drug-likeness (QED) is 0.712. The summed E-state index contributed by atoms with van der Waals surface area (Å²) in [6.45, 7) is 7.70. The minimum absolute atomic E-state index is 0.282. The molecule has 0 radical (unpaired) electrons. The summed E-state index contributed by atoms with van der Waals surface area (Å²) in [6, 6.07) is 1.63. The van der Waals surface area contributed by atoms with E-state index in [1.54, 1.807) is 20.0 Å². The highest BCUT2D eigenvalue weighted by atomic mass is 32.2. The minimum atomic E-state index is -3.44. The maximum Gasteiger partial charge on any atom is 0.246 e. The third-order valence-electron chi connectivity index (χ3n) is 3.24. The van der Waals surface area contributed by atoms with Gasteiger partial charge in [-0.15, -0.1) is 0 Å². The first kappa shape index (κ1) is 17.2. The summed E-state index contributed by atoms with van der Waals surface area (Å²) in [6.07, 6.45) is 2.99. The lowest BCUT2D eigenvalue weighted by atomic mass is 10.2. The van der Waals surface area contributed by atoms with Gasteiger partial charge in [-0.25, -0.2) is 12.7 Å². The van der Waals surface area contributed by atoms with Gasteiger partial charge < -0.3 is 9.73 Å². The topological polar surface area (TPSA) is 62.6 Å². The zero-order valence-electron chi connectivity index (χ0n) is 12.9. The molecule has 0 bridgehead atoms. The van der Waals surface area contributed by atoms with Crippen LogP contribution >= 0.6 is 0 Å². The molecule has 0 saturated carbocycles. The second kappa shape index (κ2) is 7.81. The molecule has 0 aliphatic carbocycles. The molecule has 6 heteroatoms. The number of nitrogens with zero attached hydrogens (tertiary/aromatic N) is 1. The first-order chi connectivity index (χ1) is 9.43. The highest BCUT2D eigenvalue weighted by molar-refractivity contribution is 7.89. The fourth-order valence-corrected chi connectivity index (χ4v) is 3.38. The highest BCUT2D eigenvalue weighted by Crippen LogP contribution is 2.23. The third kappa shape index (κ3) is 4.33. The van der Waals surface area contributed by atoms with Gasteiger partial charge in [0.25, 0.3) is 0 Å². The van der Waals surface area contributed by atoms with Crippen LogP contribution in [-0.2, 0) is 16.6 Å². The van der Waals surface area contributed by atoms with E-state index in [0.717, 1.165) is 25.8 Å². The van der Waals surface area contributed by atoms with Crippen LogP contribution in [0, 0.1) is 6.92 Å². The predicted molar refractivity (Wildman–Crippen MR) is 80.2 cm³/mol. The average Bonchev–Trinajstić information content (AvgIpc) is 2.78. The van der Waals surface area contributed by atoms with E-state index in [1.807, 2.05) is 6.92 Å². The van der Waals surface area contributed by atoms with Crippen LogP contribution in [0.1, 0.15) is 44.6 Å². The molecule has 0 fully saturated rings. The van der Waals surface area contributed by atoms with E-state index in [0.29, 0.717) is 24.6 Å². The summed E-state index contributed by atoms with van der Waals surface area (Å²) >= 11 is 0. The van der Waals surface area contributed by atoms with Crippen molar-refractivity contribution in [3.63, 3.8) is 0 Å². The molecule has 0 saturated heterocycles. The number of sulfonamides is 1. The van der Waals surface area contributed by atoms with Crippen molar-refractivity contribution in [1.29, 1.82) is 0 Å². The highest BCUT2D eigenvalue weighted by Gasteiger charge is 2.25. The summed E-state index contributed by atoms with van der Waals surface area (Å²) in [7, 11) is -1.82. The van der Waals surface area contributed by atoms with Crippen molar-refractivity contribution in [2.24, 2.45) is 0 Å². The summed E-state index contributed by atoms with van der Waals surface area (Å²) in [5, 5.41) is 3.13. The van der Waals surface area contributed by atoms with Gasteiger partial charge >= 0.3 is 0 Å². The molecule has 116 valence electrons. The largest absolute Gasteiger partial charge is 0.464 e. The van der Waals surface area contributed by atoms with Gasteiger partial charge in [-0.2, -0.15) is 0 Å². The second-order valence-corrected chi connectivity index (χ2v) is 6.96. The van der Waals surface area contributed by atoms with Crippen molar-refractivity contribution in [2.45, 2.75) is 51.5 Å². The standard InChI is InChI=1S/C14H26N2O3S/c1-5-7-8-9-16(4)20(17,18)14-10-13(11-15-6-2)19-12(14)3/h10,15H,5-9,11H2,1-4H3. The summed E-state index contributed by atoms with van der Waals surface area (Å²) in [5.41, 5.74) is 0. The minimum Gasteiger partial charge on any atom is -0.464 e. The Labute approximate surface area is 122 Å². The second-order valence-electron chi connectivity index (χ2n) is 4.95. The van der Waals surface area contributed by atoms with E-state index in [1.165, 1.54) is 4.31 Å². The van der Waals surface area contributed by atoms with Gasteiger partial charge in [0, 0.05) is 19.7 Å². The Kier molecular flexibility index (Phi) is 6.71. The summed E-state index contributed by atoms with van der Waals surface area (Å²) in [5.74, 6) is 1.12. The first-order valence-electron chi connectivity index (χ1n) is 7.19. The molecule has 0 aromatic carbocycles. The lowest BCUT2D eigenvalue weighted by molar-refractivity contribution is 0.444. The summed E-state index contributed by atoms with van der Waals surface area (Å²) < 4.78 is 31.9. The van der Waals surface area contributed by atoms with Crippen molar-refractivity contribution in [3.8, 4) is 0 Å². The fraction of sp³-hybridized carbons (Fsp3) is 0.714. The number of hydrogen-bond donors (Lipinski definition) is 1. The van der Waals surface area contributed by atoms with Crippen molar-refractivity contribution in [1.82, 2.24) is 9.62 Å². The Balaban J connectivity index is 2.83. The van der Waals surface area contributed by atoms with Gasteiger partial charge in [-0.05, 0) is 19.9 Å². The van der Waals surface area contributed by atoms with Crippen molar-refractivity contribution < 1.29 is 12.8 Å². The van der Waals surface area contributed by atoms with Gasteiger partial charge in [-0.3, -0.25) is 0 Å². The van der Waals surface area contributed by atoms with Crippen LogP contribution in [0.25, 0.3) is 0 Å². The molecule has 0 unspecified atom stereocenters. The van der Waals surface area contributed by atoms with Crippen LogP contribution < -0.4 is 5.32 Å². The van der Waals surface area contributed by atoms with E-state index in [9.17, 15) is 8.42 Å². The first-order valence-corrected chi connectivity index (χ1v) is 8.63. The SMILES string of the molecule is CCCCCN(C)S(=O)(=O)c1cc(CNCC)oc1C. The number of furan rings is 1. The molecule has 20 heavy (non-hydrogen) atoms. The molecule has 1 rings (SSSR count). The third-order valence-corrected chi connectivity index (χ3v) is 5.20. The molecule has 0 spiro atoms. The molecule has 5 nitrogen and oxygen atoms in total. The lowest BCUT2D eigenvalue weighted by Gasteiger charge is -2.16. The molecule has 1 aromatic heterocycles.